The number of aliphatic hydroxyl groups excluding tert-OH is 1. The molecule has 8 nitrogen and oxygen atoms in total. The lowest BCUT2D eigenvalue weighted by molar-refractivity contribution is -0.920. The highest BCUT2D eigenvalue weighted by atomic mass is 16.8. The Morgan fingerprint density at radius 2 is 1.58 bits per heavy atom. The lowest BCUT2D eigenvalue weighted by atomic mass is 10.0. The molecule has 0 aromatic carbocycles. The molecule has 3 N–H and O–H groups in total. The zero-order valence-corrected chi connectivity index (χ0v) is 23.3. The summed E-state index contributed by atoms with van der Waals surface area (Å²) in [5, 5.41) is 11.3. The van der Waals surface area contributed by atoms with Gasteiger partial charge in [0, 0.05) is 32.5 Å². The molecule has 36 heavy (non-hydrogen) atoms. The average molecular weight is 516 g/mol. The van der Waals surface area contributed by atoms with Crippen LogP contribution in [0, 0.1) is 0 Å². The summed E-state index contributed by atoms with van der Waals surface area (Å²) in [4.78, 5) is 0. The lowest BCUT2D eigenvalue weighted by Crippen LogP contribution is -2.55. The standard InChI is InChI=1S/C28H55N2O6/c1-4-5-6-7-8-9-12-19-32-20-14-21-33-27-26-25(35-28(2,3)36-26)24(34-27)23(31)22-30(18-13-15-29)16-10-11-17-30/h23-27,31H,4-22,29H2,1-3H3/q+1/t23-,24-,25+,26+,27+/m1/s1. The molecule has 3 fully saturated rings. The Balaban J connectivity index is 1.38. The smallest absolute Gasteiger partial charge is 0.187 e. The second kappa shape index (κ2) is 15.3. The Bertz CT molecular complexity index is 601. The Morgan fingerprint density at radius 1 is 0.917 bits per heavy atom. The molecule has 0 saturated carbocycles. The van der Waals surface area contributed by atoms with Gasteiger partial charge in [0.05, 0.1) is 26.2 Å². The monoisotopic (exact) mass is 515 g/mol. The summed E-state index contributed by atoms with van der Waals surface area (Å²) in [6.07, 6.45) is 11.0. The van der Waals surface area contributed by atoms with Gasteiger partial charge >= 0.3 is 0 Å². The van der Waals surface area contributed by atoms with E-state index in [0.29, 0.717) is 26.3 Å². The fourth-order valence-corrected chi connectivity index (χ4v) is 6.09. The van der Waals surface area contributed by atoms with Crippen LogP contribution in [-0.4, -0.2) is 98.6 Å². The number of aliphatic hydroxyl groups is 1. The molecule has 212 valence electrons. The van der Waals surface area contributed by atoms with E-state index < -0.39 is 24.3 Å². The number of hydrogen-bond acceptors (Lipinski definition) is 7. The third-order valence-electron chi connectivity index (χ3n) is 7.96. The maximum atomic E-state index is 11.3. The van der Waals surface area contributed by atoms with Crippen molar-refractivity contribution in [2.75, 3.05) is 52.5 Å². The zero-order chi connectivity index (χ0) is 25.9. The number of likely N-dealkylation sites (tertiary alicyclic amines) is 1. The summed E-state index contributed by atoms with van der Waals surface area (Å²) in [7, 11) is 0. The summed E-state index contributed by atoms with van der Waals surface area (Å²) in [5.41, 5.74) is 5.80. The molecular weight excluding hydrogens is 460 g/mol. The number of rotatable bonds is 19. The van der Waals surface area contributed by atoms with Crippen LogP contribution in [-0.2, 0) is 23.7 Å². The van der Waals surface area contributed by atoms with Crippen LogP contribution in [0.3, 0.4) is 0 Å². The third-order valence-corrected chi connectivity index (χ3v) is 7.96. The number of nitrogens with zero attached hydrogens (tertiary/aromatic N) is 1. The molecule has 3 aliphatic rings. The summed E-state index contributed by atoms with van der Waals surface area (Å²) in [6, 6.07) is 0. The van der Waals surface area contributed by atoms with E-state index in [1.807, 2.05) is 13.8 Å². The van der Waals surface area contributed by atoms with Gasteiger partial charge in [0.25, 0.3) is 0 Å². The SMILES string of the molecule is CCCCCCCCCOCCCO[C@H]1O[C@H]([C@H](O)C[N+]2(CCCN)CCCC2)[C@@H]2OC(C)(C)O[C@H]12. The number of hydrogen-bond donors (Lipinski definition) is 2. The normalized spacial score (nSPS) is 29.6. The molecule has 0 unspecified atom stereocenters. The first kappa shape index (κ1) is 30.2. The molecule has 0 aliphatic carbocycles. The van der Waals surface area contributed by atoms with Gasteiger partial charge < -0.3 is 39.0 Å². The van der Waals surface area contributed by atoms with Crippen molar-refractivity contribution in [3.63, 3.8) is 0 Å². The van der Waals surface area contributed by atoms with Crippen LogP contribution in [0.2, 0.25) is 0 Å². The number of unbranched alkanes of at least 4 members (excludes halogenated alkanes) is 6. The van der Waals surface area contributed by atoms with E-state index in [4.69, 9.17) is 29.4 Å². The molecule has 0 bridgehead atoms. The zero-order valence-electron chi connectivity index (χ0n) is 23.3. The van der Waals surface area contributed by atoms with Crippen molar-refractivity contribution in [2.24, 2.45) is 5.73 Å². The first-order valence-electron chi connectivity index (χ1n) is 14.8. The van der Waals surface area contributed by atoms with Crippen molar-refractivity contribution < 1.29 is 33.3 Å². The summed E-state index contributed by atoms with van der Waals surface area (Å²) in [5.74, 6) is -0.711. The molecule has 5 atom stereocenters. The number of nitrogens with two attached hydrogens (primary N) is 1. The van der Waals surface area contributed by atoms with Crippen molar-refractivity contribution >= 4 is 0 Å². The van der Waals surface area contributed by atoms with Crippen LogP contribution in [0.5, 0.6) is 0 Å². The van der Waals surface area contributed by atoms with E-state index in [-0.39, 0.29) is 12.2 Å². The number of ether oxygens (including phenoxy) is 5. The van der Waals surface area contributed by atoms with Gasteiger partial charge in [0.2, 0.25) is 0 Å². The lowest BCUT2D eigenvalue weighted by Gasteiger charge is -2.38. The second-order valence-electron chi connectivity index (χ2n) is 11.6. The Kier molecular flexibility index (Phi) is 12.9. The van der Waals surface area contributed by atoms with Crippen LogP contribution in [0.15, 0.2) is 0 Å². The summed E-state index contributed by atoms with van der Waals surface area (Å²) >= 11 is 0. The van der Waals surface area contributed by atoms with Crippen molar-refractivity contribution in [1.82, 2.24) is 0 Å². The predicted octanol–water partition coefficient (Wildman–Crippen LogP) is 3.73. The third kappa shape index (κ3) is 9.16. The largest absolute Gasteiger partial charge is 0.384 e. The summed E-state index contributed by atoms with van der Waals surface area (Å²) < 4.78 is 31.4. The van der Waals surface area contributed by atoms with Gasteiger partial charge in [-0.05, 0) is 33.2 Å². The van der Waals surface area contributed by atoms with E-state index in [1.54, 1.807) is 0 Å². The molecule has 0 spiro atoms. The summed E-state index contributed by atoms with van der Waals surface area (Å²) in [6.45, 7) is 12.7. The van der Waals surface area contributed by atoms with E-state index >= 15 is 0 Å². The number of fused-ring (bicyclic) bond motifs is 1. The van der Waals surface area contributed by atoms with Crippen LogP contribution in [0.1, 0.15) is 91.4 Å². The molecule has 3 saturated heterocycles. The fourth-order valence-electron chi connectivity index (χ4n) is 6.09. The molecule has 0 amide bonds. The van der Waals surface area contributed by atoms with Gasteiger partial charge in [-0.3, -0.25) is 0 Å². The minimum atomic E-state index is -0.711. The van der Waals surface area contributed by atoms with E-state index in [0.717, 1.165) is 50.0 Å². The van der Waals surface area contributed by atoms with Crippen molar-refractivity contribution in [3.8, 4) is 0 Å². The minimum Gasteiger partial charge on any atom is -0.384 e. The highest BCUT2D eigenvalue weighted by Gasteiger charge is 2.58. The minimum absolute atomic E-state index is 0.328. The quantitative estimate of drug-likeness (QED) is 0.200. The molecule has 0 aromatic heterocycles. The Morgan fingerprint density at radius 3 is 2.31 bits per heavy atom. The molecule has 0 radical (unpaired) electrons. The molecule has 3 aliphatic heterocycles. The van der Waals surface area contributed by atoms with Crippen molar-refractivity contribution in [2.45, 2.75) is 128 Å². The second-order valence-corrected chi connectivity index (χ2v) is 11.6. The topological polar surface area (TPSA) is 92.4 Å². The van der Waals surface area contributed by atoms with Gasteiger partial charge in [0.1, 0.15) is 31.0 Å². The van der Waals surface area contributed by atoms with Gasteiger partial charge in [0.15, 0.2) is 12.1 Å². The van der Waals surface area contributed by atoms with Crippen molar-refractivity contribution in [1.29, 1.82) is 0 Å². The fraction of sp³-hybridized carbons (Fsp3) is 1.00. The van der Waals surface area contributed by atoms with Gasteiger partial charge in [-0.15, -0.1) is 0 Å². The van der Waals surface area contributed by atoms with Crippen LogP contribution in [0.4, 0.5) is 0 Å². The van der Waals surface area contributed by atoms with E-state index in [1.165, 1.54) is 51.4 Å². The highest BCUT2D eigenvalue weighted by Crippen LogP contribution is 2.40. The van der Waals surface area contributed by atoms with Gasteiger partial charge in [-0.25, -0.2) is 0 Å². The Labute approximate surface area is 219 Å². The van der Waals surface area contributed by atoms with E-state index in [2.05, 4.69) is 6.92 Å². The molecule has 3 rings (SSSR count). The first-order chi connectivity index (χ1) is 17.4. The predicted molar refractivity (Wildman–Crippen MR) is 141 cm³/mol. The van der Waals surface area contributed by atoms with Crippen LogP contribution in [0.25, 0.3) is 0 Å². The van der Waals surface area contributed by atoms with Gasteiger partial charge in [-0.2, -0.15) is 0 Å². The van der Waals surface area contributed by atoms with Crippen LogP contribution >= 0.6 is 0 Å². The molecule has 8 heteroatoms. The van der Waals surface area contributed by atoms with Crippen LogP contribution < -0.4 is 5.73 Å². The maximum Gasteiger partial charge on any atom is 0.187 e. The number of quaternary nitrogens is 1. The first-order valence-corrected chi connectivity index (χ1v) is 14.8. The maximum absolute atomic E-state index is 11.3. The average Bonchev–Trinajstić information content (AvgIpc) is 3.52. The van der Waals surface area contributed by atoms with Crippen molar-refractivity contribution in [3.05, 3.63) is 0 Å². The Hall–Kier alpha value is -0.320. The van der Waals surface area contributed by atoms with E-state index in [9.17, 15) is 5.11 Å². The molecule has 3 heterocycles. The molecule has 0 aromatic rings. The molecular formula is C28H55N2O6+. The highest BCUT2D eigenvalue weighted by molar-refractivity contribution is 4.98. The van der Waals surface area contributed by atoms with Gasteiger partial charge in [-0.1, -0.05) is 45.4 Å².